The van der Waals surface area contributed by atoms with Gasteiger partial charge in [0.25, 0.3) is 11.8 Å². The van der Waals surface area contributed by atoms with E-state index >= 15 is 0 Å². The Labute approximate surface area is 197 Å². The van der Waals surface area contributed by atoms with Gasteiger partial charge in [0, 0.05) is 41.3 Å². The summed E-state index contributed by atoms with van der Waals surface area (Å²) in [5, 5.41) is 14.4. The number of hydrogen-bond acceptors (Lipinski definition) is 7. The molecule has 34 heavy (non-hydrogen) atoms. The Kier molecular flexibility index (Phi) is 6.78. The van der Waals surface area contributed by atoms with E-state index in [4.69, 9.17) is 16.2 Å². The highest BCUT2D eigenvalue weighted by Crippen LogP contribution is 2.22. The predicted octanol–water partition coefficient (Wildman–Crippen LogP) is 1.06. The van der Waals surface area contributed by atoms with E-state index in [1.807, 2.05) is 37.3 Å². The van der Waals surface area contributed by atoms with Gasteiger partial charge in [-0.1, -0.05) is 18.2 Å². The van der Waals surface area contributed by atoms with E-state index in [-0.39, 0.29) is 12.6 Å². The second kappa shape index (κ2) is 9.76. The molecule has 1 aliphatic rings. The Morgan fingerprint density at radius 1 is 1.24 bits per heavy atom. The molecule has 2 heterocycles. The number of aryl methyl sites for hydroxylation is 1. The van der Waals surface area contributed by atoms with Gasteiger partial charge in [0.2, 0.25) is 5.72 Å². The Bertz CT molecular complexity index is 1200. The average molecular weight is 464 g/mol. The lowest BCUT2D eigenvalue weighted by Gasteiger charge is -2.34. The quantitative estimate of drug-likeness (QED) is 0.391. The van der Waals surface area contributed by atoms with Gasteiger partial charge in [0.05, 0.1) is 12.1 Å². The van der Waals surface area contributed by atoms with Gasteiger partial charge in [0.1, 0.15) is 12.4 Å². The number of nitrogens with one attached hydrogen (secondary N) is 1. The van der Waals surface area contributed by atoms with E-state index < -0.39 is 17.5 Å². The van der Waals surface area contributed by atoms with E-state index in [2.05, 4.69) is 10.3 Å². The molecule has 9 heteroatoms. The molecule has 1 unspecified atom stereocenters. The third kappa shape index (κ3) is 5.01. The second-order valence-electron chi connectivity index (χ2n) is 8.61. The van der Waals surface area contributed by atoms with Crippen molar-refractivity contribution in [3.05, 3.63) is 71.4 Å². The topological polar surface area (TPSA) is 144 Å². The van der Waals surface area contributed by atoms with Crippen LogP contribution in [-0.2, 0) is 11.4 Å². The molecule has 0 bridgehead atoms. The minimum absolute atomic E-state index is 0.150. The summed E-state index contributed by atoms with van der Waals surface area (Å²) in [5.41, 5.74) is 12.5. The number of rotatable bonds is 8. The normalized spacial score (nSPS) is 17.9. The summed E-state index contributed by atoms with van der Waals surface area (Å²) in [7, 11) is 0. The van der Waals surface area contributed by atoms with Crippen LogP contribution in [0.5, 0.6) is 5.75 Å². The second-order valence-corrected chi connectivity index (χ2v) is 8.61. The van der Waals surface area contributed by atoms with Crippen LogP contribution in [0.3, 0.4) is 0 Å². The molecule has 0 aliphatic carbocycles. The summed E-state index contributed by atoms with van der Waals surface area (Å²) in [6, 6.07) is 16.4. The molecular weight excluding hydrogens is 434 g/mol. The molecule has 1 aromatic heterocycles. The smallest absolute Gasteiger partial charge is 0.266 e. The number of benzene rings is 2. The fourth-order valence-corrected chi connectivity index (χ4v) is 4.16. The van der Waals surface area contributed by atoms with Gasteiger partial charge in [0.15, 0.2) is 0 Å². The van der Waals surface area contributed by atoms with Crippen LogP contribution in [0.2, 0.25) is 0 Å². The van der Waals surface area contributed by atoms with Crippen molar-refractivity contribution in [1.82, 2.24) is 15.2 Å². The number of carbonyl (C=O) groups excluding carboxylic acids is 2. The fourth-order valence-electron chi connectivity index (χ4n) is 4.16. The van der Waals surface area contributed by atoms with Crippen molar-refractivity contribution in [3.63, 3.8) is 0 Å². The summed E-state index contributed by atoms with van der Waals surface area (Å²) in [4.78, 5) is 30.6. The van der Waals surface area contributed by atoms with Crippen LogP contribution in [0, 0.1) is 6.92 Å². The molecule has 0 saturated carbocycles. The van der Waals surface area contributed by atoms with Crippen molar-refractivity contribution in [3.8, 4) is 5.75 Å². The Hall–Kier alpha value is -3.53. The number of likely N-dealkylation sites (tertiary alicyclic amines) is 1. The molecule has 4 rings (SSSR count). The third-order valence-electron chi connectivity index (χ3n) is 6.08. The van der Waals surface area contributed by atoms with Gasteiger partial charge >= 0.3 is 0 Å². The maximum atomic E-state index is 12.6. The number of para-hydroxylation sites is 1. The van der Waals surface area contributed by atoms with Crippen LogP contribution in [0.15, 0.2) is 54.6 Å². The molecular formula is C25H29N5O4. The summed E-state index contributed by atoms with van der Waals surface area (Å²) >= 11 is 0. The van der Waals surface area contributed by atoms with E-state index in [1.165, 1.54) is 4.90 Å². The molecule has 178 valence electrons. The van der Waals surface area contributed by atoms with E-state index in [0.29, 0.717) is 37.4 Å². The number of carbonyl (C=O) groups is 2. The van der Waals surface area contributed by atoms with E-state index in [1.54, 1.807) is 24.3 Å². The molecule has 2 amide bonds. The zero-order chi connectivity index (χ0) is 24.3. The first-order valence-corrected chi connectivity index (χ1v) is 11.2. The Morgan fingerprint density at radius 2 is 1.97 bits per heavy atom. The van der Waals surface area contributed by atoms with E-state index in [0.717, 1.165) is 22.2 Å². The van der Waals surface area contributed by atoms with Crippen LogP contribution in [0.25, 0.3) is 10.9 Å². The number of pyridine rings is 1. The average Bonchev–Trinajstić information content (AvgIpc) is 3.27. The van der Waals surface area contributed by atoms with Gasteiger partial charge in [-0.15, -0.1) is 0 Å². The number of ether oxygens (including phenoxy) is 1. The van der Waals surface area contributed by atoms with Gasteiger partial charge in [-0.25, -0.2) is 0 Å². The number of amides is 2. The number of primary amides is 1. The molecule has 2 aromatic carbocycles. The van der Waals surface area contributed by atoms with Crippen LogP contribution in [0.1, 0.15) is 28.0 Å². The number of hydrogen-bond donors (Lipinski definition) is 4. The molecule has 2 atom stereocenters. The number of aromatic nitrogens is 1. The predicted molar refractivity (Wildman–Crippen MR) is 128 cm³/mol. The molecule has 1 saturated heterocycles. The summed E-state index contributed by atoms with van der Waals surface area (Å²) < 4.78 is 5.93. The number of nitrogens with two attached hydrogens (primary N) is 2. The third-order valence-corrected chi connectivity index (χ3v) is 6.08. The van der Waals surface area contributed by atoms with Crippen molar-refractivity contribution in [2.45, 2.75) is 31.7 Å². The summed E-state index contributed by atoms with van der Waals surface area (Å²) in [6.45, 7) is 2.73. The van der Waals surface area contributed by atoms with Gasteiger partial charge in [-0.3, -0.25) is 19.5 Å². The summed E-state index contributed by atoms with van der Waals surface area (Å²) in [5.74, 6) is -0.759. The van der Waals surface area contributed by atoms with Crippen molar-refractivity contribution >= 4 is 22.7 Å². The monoisotopic (exact) mass is 463 g/mol. The minimum Gasteiger partial charge on any atom is -0.489 e. The first kappa shape index (κ1) is 23.6. The number of aliphatic hydroxyl groups is 1. The van der Waals surface area contributed by atoms with Crippen molar-refractivity contribution < 1.29 is 19.4 Å². The molecule has 1 fully saturated rings. The lowest BCUT2D eigenvalue weighted by atomic mass is 10.1. The molecule has 3 aromatic rings. The Balaban J connectivity index is 1.38. The molecule has 9 nitrogen and oxygen atoms in total. The minimum atomic E-state index is -1.99. The SMILES string of the molecule is Cc1cc(COc2ccc(C(=O)NC[C@](O)(C(N)=O)N3CCC(N)C3)cc2)c2ccccc2n1. The molecule has 6 N–H and O–H groups in total. The van der Waals surface area contributed by atoms with Crippen LogP contribution in [-0.4, -0.2) is 58.2 Å². The van der Waals surface area contributed by atoms with E-state index in [9.17, 15) is 14.7 Å². The maximum absolute atomic E-state index is 12.6. The maximum Gasteiger partial charge on any atom is 0.266 e. The highest BCUT2D eigenvalue weighted by molar-refractivity contribution is 5.95. The lowest BCUT2D eigenvalue weighted by molar-refractivity contribution is -0.156. The zero-order valence-corrected chi connectivity index (χ0v) is 19.0. The summed E-state index contributed by atoms with van der Waals surface area (Å²) in [6.07, 6.45) is 0.639. The number of fused-ring (bicyclic) bond motifs is 1. The Morgan fingerprint density at radius 3 is 2.65 bits per heavy atom. The van der Waals surface area contributed by atoms with Crippen LogP contribution >= 0.6 is 0 Å². The lowest BCUT2D eigenvalue weighted by Crippen LogP contribution is -2.63. The number of nitrogens with zero attached hydrogens (tertiary/aromatic N) is 2. The molecule has 0 spiro atoms. The molecule has 1 aliphatic heterocycles. The largest absolute Gasteiger partial charge is 0.489 e. The first-order valence-electron chi connectivity index (χ1n) is 11.2. The zero-order valence-electron chi connectivity index (χ0n) is 19.0. The van der Waals surface area contributed by atoms with Gasteiger partial charge < -0.3 is 26.6 Å². The van der Waals surface area contributed by atoms with Gasteiger partial charge in [-0.05, 0) is 49.7 Å². The van der Waals surface area contributed by atoms with Crippen molar-refractivity contribution in [2.24, 2.45) is 11.5 Å². The highest BCUT2D eigenvalue weighted by Gasteiger charge is 2.43. The van der Waals surface area contributed by atoms with Gasteiger partial charge in [-0.2, -0.15) is 0 Å². The molecule has 0 radical (unpaired) electrons. The van der Waals surface area contributed by atoms with Crippen LogP contribution < -0.4 is 21.5 Å². The van der Waals surface area contributed by atoms with Crippen molar-refractivity contribution in [1.29, 1.82) is 0 Å². The fraction of sp³-hybridized carbons (Fsp3) is 0.320. The first-order chi connectivity index (χ1) is 16.3. The standard InChI is InChI=1S/C25H29N5O4/c1-16-12-18(21-4-2-3-5-22(21)29-16)14-34-20-8-6-17(7-9-20)23(31)28-15-25(33,24(27)32)30-11-10-19(26)13-30/h2-9,12,19,33H,10-11,13-15,26H2,1H3,(H2,27,32)(H,28,31)/t19?,25-/m0/s1. The van der Waals surface area contributed by atoms with Crippen molar-refractivity contribution in [2.75, 3.05) is 19.6 Å². The highest BCUT2D eigenvalue weighted by atomic mass is 16.5. The van der Waals surface area contributed by atoms with Crippen LogP contribution in [0.4, 0.5) is 0 Å².